The molecule has 0 radical (unpaired) electrons. The smallest absolute Gasteiger partial charge is 0.408 e. The van der Waals surface area contributed by atoms with E-state index in [0.29, 0.717) is 24.1 Å². The second kappa shape index (κ2) is 8.13. The Kier molecular flexibility index (Phi) is 5.93. The Balaban J connectivity index is 1.79. The summed E-state index contributed by atoms with van der Waals surface area (Å²) in [5, 5.41) is 2.40. The minimum absolute atomic E-state index is 0.0675. The van der Waals surface area contributed by atoms with Crippen LogP contribution in [0.15, 0.2) is 33.5 Å². The zero-order chi connectivity index (χ0) is 18.4. The van der Waals surface area contributed by atoms with Crippen molar-refractivity contribution in [2.45, 2.75) is 39.3 Å². The average molecular weight is 348 g/mol. The van der Waals surface area contributed by atoms with Crippen molar-refractivity contribution >= 4 is 28.8 Å². The number of nitrogens with zero attached hydrogens (tertiary/aromatic N) is 1. The average Bonchev–Trinajstić information content (AvgIpc) is 2.87. The van der Waals surface area contributed by atoms with Gasteiger partial charge in [-0.3, -0.25) is 29.8 Å². The molecule has 9 nitrogen and oxygen atoms in total. The summed E-state index contributed by atoms with van der Waals surface area (Å²) in [7, 11) is 0. The first-order chi connectivity index (χ1) is 11.9. The number of para-hydroxylation sites is 2. The van der Waals surface area contributed by atoms with Gasteiger partial charge in [-0.2, -0.15) is 0 Å². The second-order valence-corrected chi connectivity index (χ2v) is 5.72. The maximum absolute atomic E-state index is 11.8. The third-order valence-electron chi connectivity index (χ3n) is 3.30. The summed E-state index contributed by atoms with van der Waals surface area (Å²) >= 11 is 0. The number of hydrogen-bond acceptors (Lipinski definition) is 5. The van der Waals surface area contributed by atoms with Gasteiger partial charge >= 0.3 is 17.6 Å². The fraction of sp³-hybridized carbons (Fsp3) is 0.375. The zero-order valence-corrected chi connectivity index (χ0v) is 14.0. The number of aromatic nitrogens is 1. The van der Waals surface area contributed by atoms with E-state index in [1.807, 2.05) is 5.43 Å². The number of amides is 3. The minimum atomic E-state index is -0.945. The maximum Gasteiger partial charge on any atom is 0.419 e. The van der Waals surface area contributed by atoms with Crippen LogP contribution < -0.4 is 21.9 Å². The lowest BCUT2D eigenvalue weighted by atomic mass is 10.3. The first kappa shape index (κ1) is 18.2. The predicted molar refractivity (Wildman–Crippen MR) is 89.3 cm³/mol. The fourth-order valence-corrected chi connectivity index (χ4v) is 2.20. The van der Waals surface area contributed by atoms with E-state index in [2.05, 4.69) is 10.7 Å². The first-order valence-electron chi connectivity index (χ1n) is 7.86. The molecule has 3 N–H and O–H groups in total. The number of oxazole rings is 1. The molecule has 0 fully saturated rings. The van der Waals surface area contributed by atoms with E-state index >= 15 is 0 Å². The zero-order valence-electron chi connectivity index (χ0n) is 14.0. The van der Waals surface area contributed by atoms with Crippen molar-refractivity contribution in [3.63, 3.8) is 0 Å². The van der Waals surface area contributed by atoms with Crippen molar-refractivity contribution in [1.82, 2.24) is 20.7 Å². The number of fused-ring (bicyclic) bond motifs is 1. The molecule has 0 aliphatic carbocycles. The topological polar surface area (TPSA) is 122 Å². The van der Waals surface area contributed by atoms with Crippen molar-refractivity contribution < 1.29 is 18.8 Å². The summed E-state index contributed by atoms with van der Waals surface area (Å²) in [5.74, 6) is -2.72. The third-order valence-corrected chi connectivity index (χ3v) is 3.30. The molecule has 3 amide bonds. The molecule has 0 spiro atoms. The molecule has 2 aromatic rings. The molecule has 25 heavy (non-hydrogen) atoms. The van der Waals surface area contributed by atoms with Gasteiger partial charge in [-0.1, -0.05) is 12.1 Å². The fourth-order valence-electron chi connectivity index (χ4n) is 2.20. The van der Waals surface area contributed by atoms with Crippen molar-refractivity contribution in [3.8, 4) is 0 Å². The molecule has 134 valence electrons. The van der Waals surface area contributed by atoms with Crippen molar-refractivity contribution in [2.24, 2.45) is 0 Å². The summed E-state index contributed by atoms with van der Waals surface area (Å²) in [6, 6.07) is 6.82. The highest BCUT2D eigenvalue weighted by atomic mass is 16.4. The molecule has 0 saturated heterocycles. The molecule has 0 atom stereocenters. The number of carbonyl (C=O) groups excluding carboxylic acids is 3. The van der Waals surface area contributed by atoms with Crippen LogP contribution in [0.2, 0.25) is 0 Å². The van der Waals surface area contributed by atoms with Gasteiger partial charge in [-0.25, -0.2) is 4.79 Å². The Hall–Kier alpha value is -3.10. The van der Waals surface area contributed by atoms with Crippen LogP contribution in [0.1, 0.15) is 26.7 Å². The summed E-state index contributed by atoms with van der Waals surface area (Å²) < 4.78 is 6.54. The van der Waals surface area contributed by atoms with E-state index < -0.39 is 23.5 Å². The quantitative estimate of drug-likeness (QED) is 0.520. The highest BCUT2D eigenvalue weighted by Gasteiger charge is 2.15. The highest BCUT2D eigenvalue weighted by Crippen LogP contribution is 2.12. The van der Waals surface area contributed by atoms with Crippen LogP contribution in [-0.4, -0.2) is 28.3 Å². The molecule has 1 heterocycles. The largest absolute Gasteiger partial charge is 0.419 e. The van der Waals surface area contributed by atoms with E-state index in [-0.39, 0.29) is 12.5 Å². The van der Waals surface area contributed by atoms with Crippen LogP contribution >= 0.6 is 0 Å². The van der Waals surface area contributed by atoms with Crippen LogP contribution in [0, 0.1) is 0 Å². The van der Waals surface area contributed by atoms with Gasteiger partial charge in [0.05, 0.1) is 5.52 Å². The van der Waals surface area contributed by atoms with Gasteiger partial charge in [-0.05, 0) is 32.4 Å². The normalized spacial score (nSPS) is 10.7. The van der Waals surface area contributed by atoms with Crippen LogP contribution in [0.4, 0.5) is 0 Å². The lowest BCUT2D eigenvalue weighted by molar-refractivity contribution is -0.141. The first-order valence-corrected chi connectivity index (χ1v) is 7.86. The van der Waals surface area contributed by atoms with E-state index in [9.17, 15) is 19.2 Å². The second-order valence-electron chi connectivity index (χ2n) is 5.72. The molecular weight excluding hydrogens is 328 g/mol. The Morgan fingerprint density at radius 2 is 1.84 bits per heavy atom. The molecule has 0 unspecified atom stereocenters. The Morgan fingerprint density at radius 1 is 1.12 bits per heavy atom. The third kappa shape index (κ3) is 4.93. The van der Waals surface area contributed by atoms with E-state index in [4.69, 9.17) is 4.42 Å². The summed E-state index contributed by atoms with van der Waals surface area (Å²) in [6.07, 6.45) is 0.432. The minimum Gasteiger partial charge on any atom is -0.408 e. The molecule has 1 aromatic heterocycles. The van der Waals surface area contributed by atoms with Gasteiger partial charge in [0.2, 0.25) is 5.91 Å². The molecule has 0 bridgehead atoms. The SMILES string of the molecule is CC(C)NC(=O)C(=O)NNC(=O)CCCn1c(=O)oc2ccccc21. The number of rotatable bonds is 5. The van der Waals surface area contributed by atoms with Gasteiger partial charge in [0, 0.05) is 19.0 Å². The Bertz CT molecular complexity index is 836. The van der Waals surface area contributed by atoms with Crippen LogP contribution in [0.5, 0.6) is 0 Å². The van der Waals surface area contributed by atoms with Gasteiger partial charge in [0.25, 0.3) is 0 Å². The van der Waals surface area contributed by atoms with Gasteiger partial charge < -0.3 is 9.73 Å². The number of nitrogens with one attached hydrogen (secondary N) is 3. The van der Waals surface area contributed by atoms with Crippen LogP contribution in [-0.2, 0) is 20.9 Å². The Labute approximate surface area is 143 Å². The lowest BCUT2D eigenvalue weighted by Gasteiger charge is -2.09. The number of hydrazine groups is 1. The van der Waals surface area contributed by atoms with Crippen LogP contribution in [0.3, 0.4) is 0 Å². The number of carbonyl (C=O) groups is 3. The molecule has 0 aliphatic rings. The summed E-state index contributed by atoms with van der Waals surface area (Å²) in [4.78, 5) is 46.3. The summed E-state index contributed by atoms with van der Waals surface area (Å²) in [6.45, 7) is 3.72. The molecule has 9 heteroatoms. The van der Waals surface area contributed by atoms with Gasteiger partial charge in [-0.15, -0.1) is 0 Å². The highest BCUT2D eigenvalue weighted by molar-refractivity contribution is 6.35. The molecule has 1 aromatic carbocycles. The molecule has 2 rings (SSSR count). The lowest BCUT2D eigenvalue weighted by Crippen LogP contribution is -2.49. The van der Waals surface area contributed by atoms with Crippen molar-refractivity contribution in [3.05, 3.63) is 34.8 Å². The number of hydrogen-bond donors (Lipinski definition) is 3. The monoisotopic (exact) mass is 348 g/mol. The van der Waals surface area contributed by atoms with E-state index in [0.717, 1.165) is 0 Å². The summed E-state index contributed by atoms with van der Waals surface area (Å²) in [5.41, 5.74) is 5.34. The van der Waals surface area contributed by atoms with Crippen molar-refractivity contribution in [1.29, 1.82) is 0 Å². The molecule has 0 aliphatic heterocycles. The van der Waals surface area contributed by atoms with E-state index in [1.165, 1.54) is 4.57 Å². The van der Waals surface area contributed by atoms with Gasteiger partial charge in [0.1, 0.15) is 0 Å². The predicted octanol–water partition coefficient (Wildman–Crippen LogP) is 0.0467. The van der Waals surface area contributed by atoms with Crippen molar-refractivity contribution in [2.75, 3.05) is 0 Å². The standard InChI is InChI=1S/C16H20N4O5/c1-10(2)17-14(22)15(23)19-18-13(21)8-5-9-20-11-6-3-4-7-12(11)25-16(20)24/h3-4,6-7,10H,5,8-9H2,1-2H3,(H,17,22)(H,18,21)(H,19,23). The number of benzene rings is 1. The number of aryl methyl sites for hydroxylation is 1. The maximum atomic E-state index is 11.8. The molecule has 0 saturated carbocycles. The van der Waals surface area contributed by atoms with Gasteiger partial charge in [0.15, 0.2) is 5.58 Å². The van der Waals surface area contributed by atoms with Crippen LogP contribution in [0.25, 0.3) is 11.1 Å². The Morgan fingerprint density at radius 3 is 2.56 bits per heavy atom. The molecular formula is C16H20N4O5. The van der Waals surface area contributed by atoms with E-state index in [1.54, 1.807) is 38.1 Å².